The van der Waals surface area contributed by atoms with Crippen molar-refractivity contribution < 1.29 is 0 Å². The highest BCUT2D eigenvalue weighted by molar-refractivity contribution is 6.42. The second-order valence-electron chi connectivity index (χ2n) is 5.33. The number of para-hydroxylation sites is 1. The zero-order valence-corrected chi connectivity index (χ0v) is 14.0. The average molecular weight is 333 g/mol. The molecule has 3 aromatic rings. The number of hydrogen-bond donors (Lipinski definition) is 1. The molecule has 0 fully saturated rings. The van der Waals surface area contributed by atoms with Gasteiger partial charge in [-0.25, -0.2) is 0 Å². The Morgan fingerprint density at radius 3 is 2.64 bits per heavy atom. The quantitative estimate of drug-likeness (QED) is 0.687. The maximum atomic E-state index is 6.12. The zero-order valence-electron chi connectivity index (χ0n) is 12.4. The van der Waals surface area contributed by atoms with Gasteiger partial charge in [-0.1, -0.05) is 54.4 Å². The van der Waals surface area contributed by atoms with Crippen LogP contribution in [0.1, 0.15) is 18.1 Å². The van der Waals surface area contributed by atoms with Crippen molar-refractivity contribution in [3.8, 4) is 0 Å². The van der Waals surface area contributed by atoms with E-state index in [9.17, 15) is 0 Å². The summed E-state index contributed by atoms with van der Waals surface area (Å²) in [5.74, 6) is 0. The van der Waals surface area contributed by atoms with E-state index in [0.717, 1.165) is 25.2 Å². The number of nitrogens with one attached hydrogen (secondary N) is 1. The van der Waals surface area contributed by atoms with Gasteiger partial charge in [-0.2, -0.15) is 0 Å². The highest BCUT2D eigenvalue weighted by atomic mass is 35.5. The molecule has 2 nitrogen and oxygen atoms in total. The van der Waals surface area contributed by atoms with Gasteiger partial charge in [0, 0.05) is 30.2 Å². The van der Waals surface area contributed by atoms with Crippen molar-refractivity contribution in [3.63, 3.8) is 0 Å². The van der Waals surface area contributed by atoms with Gasteiger partial charge in [0.1, 0.15) is 0 Å². The Labute approximate surface area is 140 Å². The molecule has 0 spiro atoms. The fourth-order valence-electron chi connectivity index (χ4n) is 2.69. The number of halogens is 2. The molecule has 2 aromatic carbocycles. The van der Waals surface area contributed by atoms with Crippen LogP contribution in [-0.4, -0.2) is 11.1 Å². The van der Waals surface area contributed by atoms with Gasteiger partial charge >= 0.3 is 0 Å². The van der Waals surface area contributed by atoms with E-state index >= 15 is 0 Å². The van der Waals surface area contributed by atoms with Gasteiger partial charge in [-0.05, 0) is 35.9 Å². The minimum absolute atomic E-state index is 0.593. The first-order chi connectivity index (χ1) is 10.7. The monoisotopic (exact) mass is 332 g/mol. The molecule has 3 rings (SSSR count). The molecular weight excluding hydrogens is 315 g/mol. The van der Waals surface area contributed by atoms with Crippen LogP contribution in [-0.2, 0) is 13.1 Å². The van der Waals surface area contributed by atoms with Crippen molar-refractivity contribution in [3.05, 3.63) is 69.8 Å². The molecule has 0 amide bonds. The van der Waals surface area contributed by atoms with Gasteiger partial charge in [-0.3, -0.25) is 0 Å². The van der Waals surface area contributed by atoms with Crippen LogP contribution in [0.2, 0.25) is 10.0 Å². The van der Waals surface area contributed by atoms with Crippen molar-refractivity contribution >= 4 is 34.1 Å². The summed E-state index contributed by atoms with van der Waals surface area (Å²) >= 11 is 12.1. The Balaban J connectivity index is 1.97. The second-order valence-corrected chi connectivity index (χ2v) is 6.14. The van der Waals surface area contributed by atoms with E-state index in [1.807, 2.05) is 18.2 Å². The number of benzene rings is 2. The zero-order chi connectivity index (χ0) is 15.5. The summed E-state index contributed by atoms with van der Waals surface area (Å²) in [5, 5.41) is 5.89. The van der Waals surface area contributed by atoms with Crippen molar-refractivity contribution in [1.29, 1.82) is 0 Å². The Kier molecular flexibility index (Phi) is 4.72. The summed E-state index contributed by atoms with van der Waals surface area (Å²) in [6, 6.07) is 14.3. The van der Waals surface area contributed by atoms with Crippen LogP contribution in [0.4, 0.5) is 0 Å². The lowest BCUT2D eigenvalue weighted by molar-refractivity contribution is 0.724. The molecule has 1 N–H and O–H groups in total. The molecule has 4 heteroatoms. The molecule has 0 aliphatic heterocycles. The Morgan fingerprint density at radius 2 is 1.86 bits per heavy atom. The van der Waals surface area contributed by atoms with Crippen LogP contribution in [0.15, 0.2) is 48.7 Å². The fraction of sp³-hybridized carbons (Fsp3) is 0.222. The summed E-state index contributed by atoms with van der Waals surface area (Å²) < 4.78 is 2.27. The molecule has 0 unspecified atom stereocenters. The Morgan fingerprint density at radius 1 is 1.05 bits per heavy atom. The highest BCUT2D eigenvalue weighted by Crippen LogP contribution is 2.25. The van der Waals surface area contributed by atoms with Gasteiger partial charge < -0.3 is 9.88 Å². The highest BCUT2D eigenvalue weighted by Gasteiger charge is 2.08. The maximum Gasteiger partial charge on any atom is 0.0595 e. The van der Waals surface area contributed by atoms with E-state index in [2.05, 4.69) is 47.3 Å². The third-order valence-electron chi connectivity index (χ3n) is 3.77. The first-order valence-electron chi connectivity index (χ1n) is 7.40. The smallest absolute Gasteiger partial charge is 0.0595 e. The number of hydrogen-bond acceptors (Lipinski definition) is 1. The molecule has 0 aliphatic rings. The van der Waals surface area contributed by atoms with Crippen LogP contribution in [0.3, 0.4) is 0 Å². The molecule has 0 radical (unpaired) electrons. The van der Waals surface area contributed by atoms with E-state index in [0.29, 0.717) is 10.0 Å². The molecule has 0 bridgehead atoms. The summed E-state index contributed by atoms with van der Waals surface area (Å²) in [4.78, 5) is 0. The van der Waals surface area contributed by atoms with E-state index < -0.39 is 0 Å². The van der Waals surface area contributed by atoms with Crippen LogP contribution >= 0.6 is 23.2 Å². The topological polar surface area (TPSA) is 17.0 Å². The Hall–Kier alpha value is -1.48. The predicted molar refractivity (Wildman–Crippen MR) is 94.9 cm³/mol. The van der Waals surface area contributed by atoms with Gasteiger partial charge in [-0.15, -0.1) is 0 Å². The molecule has 1 heterocycles. The van der Waals surface area contributed by atoms with Gasteiger partial charge in [0.25, 0.3) is 0 Å². The number of aromatic nitrogens is 1. The minimum Gasteiger partial charge on any atom is -0.343 e. The lowest BCUT2D eigenvalue weighted by atomic mass is 10.2. The van der Waals surface area contributed by atoms with E-state index in [4.69, 9.17) is 23.2 Å². The minimum atomic E-state index is 0.593. The van der Waals surface area contributed by atoms with Crippen LogP contribution in [0.5, 0.6) is 0 Å². The third kappa shape index (κ3) is 3.14. The summed E-state index contributed by atoms with van der Waals surface area (Å²) in [6.07, 6.45) is 2.22. The Bertz CT molecular complexity index is 793. The molecule has 0 aliphatic carbocycles. The molecular formula is C18H18Cl2N2. The van der Waals surface area contributed by atoms with Gasteiger partial charge in [0.15, 0.2) is 0 Å². The molecule has 0 saturated heterocycles. The first-order valence-corrected chi connectivity index (χ1v) is 8.16. The van der Waals surface area contributed by atoms with Crippen molar-refractivity contribution in [2.45, 2.75) is 20.0 Å². The molecule has 114 valence electrons. The largest absolute Gasteiger partial charge is 0.343 e. The van der Waals surface area contributed by atoms with Gasteiger partial charge in [0.05, 0.1) is 10.0 Å². The van der Waals surface area contributed by atoms with Crippen molar-refractivity contribution in [2.75, 3.05) is 6.54 Å². The number of rotatable bonds is 5. The lowest BCUT2D eigenvalue weighted by Gasteiger charge is -2.07. The summed E-state index contributed by atoms with van der Waals surface area (Å²) in [7, 11) is 0. The van der Waals surface area contributed by atoms with Crippen LogP contribution in [0, 0.1) is 0 Å². The molecule has 1 aromatic heterocycles. The van der Waals surface area contributed by atoms with Crippen molar-refractivity contribution in [1.82, 2.24) is 9.88 Å². The standard InChI is InChI=1S/C18H18Cl2N2/c1-2-21-10-14-12-22(18-6-4-3-5-15(14)18)11-13-7-8-16(19)17(20)9-13/h3-9,12,21H,2,10-11H2,1H3. The average Bonchev–Trinajstić information content (AvgIpc) is 2.87. The summed E-state index contributed by atoms with van der Waals surface area (Å²) in [6.45, 7) is 4.75. The molecule has 0 atom stereocenters. The van der Waals surface area contributed by atoms with Gasteiger partial charge in [0.2, 0.25) is 0 Å². The normalized spacial score (nSPS) is 11.2. The third-order valence-corrected chi connectivity index (χ3v) is 4.51. The van der Waals surface area contributed by atoms with E-state index in [1.165, 1.54) is 16.5 Å². The lowest BCUT2D eigenvalue weighted by Crippen LogP contribution is -2.11. The SMILES string of the molecule is CCNCc1cn(Cc2ccc(Cl)c(Cl)c2)c2ccccc12. The van der Waals surface area contributed by atoms with E-state index in [-0.39, 0.29) is 0 Å². The number of nitrogens with zero attached hydrogens (tertiary/aromatic N) is 1. The van der Waals surface area contributed by atoms with E-state index in [1.54, 1.807) is 0 Å². The number of fused-ring (bicyclic) bond motifs is 1. The predicted octanol–water partition coefficient (Wildman–Crippen LogP) is 5.11. The molecule has 22 heavy (non-hydrogen) atoms. The van der Waals surface area contributed by atoms with Crippen molar-refractivity contribution in [2.24, 2.45) is 0 Å². The second kappa shape index (κ2) is 6.74. The maximum absolute atomic E-state index is 6.12. The van der Waals surface area contributed by atoms with Crippen LogP contribution in [0.25, 0.3) is 10.9 Å². The van der Waals surface area contributed by atoms with Crippen LogP contribution < -0.4 is 5.32 Å². The fourth-order valence-corrected chi connectivity index (χ4v) is 3.01. The molecule has 0 saturated carbocycles. The summed E-state index contributed by atoms with van der Waals surface area (Å²) in [5.41, 5.74) is 3.70. The first kappa shape index (κ1) is 15.4.